The monoisotopic (exact) mass is 315 g/mol. The lowest BCUT2D eigenvalue weighted by Gasteiger charge is -2.09. The molecular weight excluding hydrogens is 294 g/mol. The minimum Gasteiger partial charge on any atom is -0.481 e. The van der Waals surface area contributed by atoms with E-state index in [0.29, 0.717) is 11.3 Å². The molecule has 0 aliphatic rings. The van der Waals surface area contributed by atoms with E-state index in [-0.39, 0.29) is 12.3 Å². The van der Waals surface area contributed by atoms with Gasteiger partial charge in [-0.25, -0.2) is 0 Å². The molecule has 0 saturated carbocycles. The van der Waals surface area contributed by atoms with E-state index in [2.05, 4.69) is 10.4 Å². The van der Waals surface area contributed by atoms with Gasteiger partial charge in [-0.1, -0.05) is 12.1 Å². The Labute approximate surface area is 135 Å². The van der Waals surface area contributed by atoms with Gasteiger partial charge in [-0.15, -0.1) is 0 Å². The number of hydrogen-bond donors (Lipinski definition) is 2. The van der Waals surface area contributed by atoms with Crippen molar-refractivity contribution in [1.29, 1.82) is 0 Å². The van der Waals surface area contributed by atoms with Crippen LogP contribution in [0.1, 0.15) is 35.4 Å². The first kappa shape index (κ1) is 16.7. The van der Waals surface area contributed by atoms with Crippen LogP contribution in [-0.4, -0.2) is 26.8 Å². The number of carbonyl (C=O) groups is 2. The van der Waals surface area contributed by atoms with Crippen LogP contribution in [0.25, 0.3) is 0 Å². The molecule has 1 aromatic heterocycles. The molecule has 1 amide bonds. The summed E-state index contributed by atoms with van der Waals surface area (Å²) in [6, 6.07) is 6.87. The number of aliphatic carboxylic acids is 1. The van der Waals surface area contributed by atoms with Gasteiger partial charge in [0.05, 0.1) is 18.0 Å². The van der Waals surface area contributed by atoms with Crippen molar-refractivity contribution in [2.24, 2.45) is 7.05 Å². The van der Waals surface area contributed by atoms with Gasteiger partial charge in [-0.2, -0.15) is 5.10 Å². The zero-order chi connectivity index (χ0) is 17.1. The van der Waals surface area contributed by atoms with Crippen molar-refractivity contribution in [3.63, 3.8) is 0 Å². The van der Waals surface area contributed by atoms with E-state index in [4.69, 9.17) is 5.11 Å². The molecule has 0 fully saturated rings. The molecular formula is C17H21N3O3. The molecule has 1 heterocycles. The molecule has 6 heteroatoms. The number of nitrogens with zero attached hydrogens (tertiary/aromatic N) is 2. The maximum atomic E-state index is 12.2. The molecule has 122 valence electrons. The smallest absolute Gasteiger partial charge is 0.310 e. The Hall–Kier alpha value is -2.63. The molecule has 0 aliphatic carbocycles. The van der Waals surface area contributed by atoms with Crippen LogP contribution in [0.2, 0.25) is 0 Å². The molecule has 0 spiro atoms. The first-order valence-electron chi connectivity index (χ1n) is 7.41. The minimum atomic E-state index is -0.871. The predicted molar refractivity (Wildman–Crippen MR) is 87.5 cm³/mol. The Kier molecular flexibility index (Phi) is 4.83. The SMILES string of the molecule is Cc1nn(C)c(C)c1CC(=O)Nc1ccc(C(C)C(=O)O)cc1. The highest BCUT2D eigenvalue weighted by Gasteiger charge is 2.15. The van der Waals surface area contributed by atoms with E-state index >= 15 is 0 Å². The fourth-order valence-electron chi connectivity index (χ4n) is 2.44. The lowest BCUT2D eigenvalue weighted by atomic mass is 10.0. The van der Waals surface area contributed by atoms with Crippen molar-refractivity contribution in [3.05, 3.63) is 46.8 Å². The summed E-state index contributed by atoms with van der Waals surface area (Å²) in [5.74, 6) is -1.56. The van der Waals surface area contributed by atoms with Crippen molar-refractivity contribution in [2.45, 2.75) is 33.1 Å². The molecule has 0 aliphatic heterocycles. The fraction of sp³-hybridized carbons (Fsp3) is 0.353. The second-order valence-corrected chi connectivity index (χ2v) is 5.68. The molecule has 1 atom stereocenters. The van der Waals surface area contributed by atoms with Gasteiger partial charge in [0.2, 0.25) is 5.91 Å². The number of anilines is 1. The van der Waals surface area contributed by atoms with Crippen LogP contribution in [0.3, 0.4) is 0 Å². The minimum absolute atomic E-state index is 0.122. The Balaban J connectivity index is 2.04. The van der Waals surface area contributed by atoms with Gasteiger partial charge in [-0.05, 0) is 38.5 Å². The summed E-state index contributed by atoms with van der Waals surface area (Å²) in [7, 11) is 1.85. The van der Waals surface area contributed by atoms with E-state index in [0.717, 1.165) is 17.0 Å². The van der Waals surface area contributed by atoms with Crippen molar-refractivity contribution in [1.82, 2.24) is 9.78 Å². The second kappa shape index (κ2) is 6.64. The summed E-state index contributed by atoms with van der Waals surface area (Å²) >= 11 is 0. The summed E-state index contributed by atoms with van der Waals surface area (Å²) < 4.78 is 1.76. The molecule has 2 N–H and O–H groups in total. The quantitative estimate of drug-likeness (QED) is 0.887. The van der Waals surface area contributed by atoms with Crippen LogP contribution in [0, 0.1) is 13.8 Å². The van der Waals surface area contributed by atoms with E-state index in [1.54, 1.807) is 35.9 Å². The van der Waals surface area contributed by atoms with Gasteiger partial charge in [0.25, 0.3) is 0 Å². The first-order chi connectivity index (χ1) is 10.8. The number of aromatic nitrogens is 2. The summed E-state index contributed by atoms with van der Waals surface area (Å²) in [6.45, 7) is 5.45. The van der Waals surface area contributed by atoms with E-state index in [9.17, 15) is 9.59 Å². The molecule has 0 saturated heterocycles. The topological polar surface area (TPSA) is 84.2 Å². The number of benzene rings is 1. The highest BCUT2D eigenvalue weighted by atomic mass is 16.4. The Morgan fingerprint density at radius 1 is 1.26 bits per heavy atom. The van der Waals surface area contributed by atoms with Crippen LogP contribution >= 0.6 is 0 Å². The van der Waals surface area contributed by atoms with Crippen LogP contribution in [-0.2, 0) is 23.1 Å². The van der Waals surface area contributed by atoms with Gasteiger partial charge in [0, 0.05) is 24.0 Å². The van der Waals surface area contributed by atoms with Gasteiger partial charge < -0.3 is 10.4 Å². The zero-order valence-corrected chi connectivity index (χ0v) is 13.8. The molecule has 1 aromatic carbocycles. The lowest BCUT2D eigenvalue weighted by molar-refractivity contribution is -0.138. The summed E-state index contributed by atoms with van der Waals surface area (Å²) in [6.07, 6.45) is 0.263. The number of hydrogen-bond acceptors (Lipinski definition) is 3. The Morgan fingerprint density at radius 3 is 2.35 bits per heavy atom. The highest BCUT2D eigenvalue weighted by molar-refractivity contribution is 5.92. The van der Waals surface area contributed by atoms with Gasteiger partial charge in [-0.3, -0.25) is 14.3 Å². The van der Waals surface area contributed by atoms with Gasteiger partial charge >= 0.3 is 5.97 Å². The van der Waals surface area contributed by atoms with Crippen molar-refractivity contribution >= 4 is 17.6 Å². The number of carboxylic acid groups (broad SMARTS) is 1. The predicted octanol–water partition coefficient (Wildman–Crippen LogP) is 2.41. The number of nitrogens with one attached hydrogen (secondary N) is 1. The zero-order valence-electron chi connectivity index (χ0n) is 13.8. The number of carbonyl (C=O) groups excluding carboxylic acids is 1. The number of rotatable bonds is 5. The maximum absolute atomic E-state index is 12.2. The van der Waals surface area contributed by atoms with Crippen molar-refractivity contribution < 1.29 is 14.7 Å². The molecule has 1 unspecified atom stereocenters. The molecule has 2 aromatic rings. The molecule has 0 radical (unpaired) electrons. The number of aryl methyl sites for hydroxylation is 2. The van der Waals surface area contributed by atoms with E-state index in [1.165, 1.54) is 0 Å². The molecule has 0 bridgehead atoms. The number of carboxylic acids is 1. The van der Waals surface area contributed by atoms with Gasteiger partial charge in [0.15, 0.2) is 0 Å². The Morgan fingerprint density at radius 2 is 1.87 bits per heavy atom. The van der Waals surface area contributed by atoms with E-state index < -0.39 is 11.9 Å². The van der Waals surface area contributed by atoms with Crippen molar-refractivity contribution in [3.8, 4) is 0 Å². The van der Waals surface area contributed by atoms with Crippen LogP contribution < -0.4 is 5.32 Å². The normalized spacial score (nSPS) is 12.0. The third-order valence-corrected chi connectivity index (χ3v) is 4.06. The summed E-state index contributed by atoms with van der Waals surface area (Å²) in [5.41, 5.74) is 4.11. The standard InChI is InChI=1S/C17H21N3O3/c1-10(17(22)23)13-5-7-14(8-6-13)18-16(21)9-15-11(2)19-20(4)12(15)3/h5-8,10H,9H2,1-4H3,(H,18,21)(H,22,23). The summed E-state index contributed by atoms with van der Waals surface area (Å²) in [5, 5.41) is 16.1. The lowest BCUT2D eigenvalue weighted by Crippen LogP contribution is -2.15. The maximum Gasteiger partial charge on any atom is 0.310 e. The average Bonchev–Trinajstić information content (AvgIpc) is 2.73. The fourth-order valence-corrected chi connectivity index (χ4v) is 2.44. The summed E-state index contributed by atoms with van der Waals surface area (Å²) in [4.78, 5) is 23.1. The average molecular weight is 315 g/mol. The second-order valence-electron chi connectivity index (χ2n) is 5.68. The van der Waals surface area contributed by atoms with E-state index in [1.807, 2.05) is 20.9 Å². The molecule has 23 heavy (non-hydrogen) atoms. The van der Waals surface area contributed by atoms with Crippen LogP contribution in [0.5, 0.6) is 0 Å². The number of amides is 1. The van der Waals surface area contributed by atoms with Crippen LogP contribution in [0.4, 0.5) is 5.69 Å². The first-order valence-corrected chi connectivity index (χ1v) is 7.41. The van der Waals surface area contributed by atoms with Gasteiger partial charge in [0.1, 0.15) is 0 Å². The third kappa shape index (κ3) is 3.77. The van der Waals surface area contributed by atoms with Crippen molar-refractivity contribution in [2.75, 3.05) is 5.32 Å². The molecule has 6 nitrogen and oxygen atoms in total. The molecule has 2 rings (SSSR count). The highest BCUT2D eigenvalue weighted by Crippen LogP contribution is 2.19. The van der Waals surface area contributed by atoms with Crippen LogP contribution in [0.15, 0.2) is 24.3 Å². The largest absolute Gasteiger partial charge is 0.481 e. The third-order valence-electron chi connectivity index (χ3n) is 4.06. The Bertz CT molecular complexity index is 732.